The van der Waals surface area contributed by atoms with E-state index in [1.165, 1.54) is 18.4 Å². The van der Waals surface area contributed by atoms with Crippen LogP contribution in [0.15, 0.2) is 47.8 Å². The number of nitrogens with zero attached hydrogens (tertiary/aromatic N) is 1. The van der Waals surface area contributed by atoms with Crippen molar-refractivity contribution in [2.45, 2.75) is 13.3 Å². The first-order valence-electron chi connectivity index (χ1n) is 9.57. The molecule has 2 amide bonds. The van der Waals surface area contributed by atoms with E-state index in [-0.39, 0.29) is 5.69 Å². The molecule has 0 fully saturated rings. The zero-order valence-electron chi connectivity index (χ0n) is 17.4. The van der Waals surface area contributed by atoms with E-state index in [2.05, 4.69) is 15.8 Å². The Hall–Kier alpha value is -3.59. The van der Waals surface area contributed by atoms with Crippen LogP contribution in [-0.2, 0) is 0 Å². The molecule has 2 N–H and O–H groups in total. The number of aromatic nitrogens is 1. The largest absolute Gasteiger partial charge is 0.497 e. The third-order valence-corrected chi connectivity index (χ3v) is 5.14. The van der Waals surface area contributed by atoms with E-state index in [9.17, 15) is 9.59 Å². The lowest BCUT2D eigenvalue weighted by Crippen LogP contribution is -2.41. The number of methoxy groups -OCH3 is 2. The van der Waals surface area contributed by atoms with Crippen LogP contribution in [0.3, 0.4) is 0 Å². The molecule has 0 unspecified atom stereocenters. The molecule has 1 heterocycles. The molecule has 0 spiro atoms. The van der Waals surface area contributed by atoms with Crippen molar-refractivity contribution in [3.63, 3.8) is 0 Å². The van der Waals surface area contributed by atoms with Gasteiger partial charge in [-0.1, -0.05) is 6.92 Å². The number of benzene rings is 2. The van der Waals surface area contributed by atoms with Gasteiger partial charge >= 0.3 is 0 Å². The first-order chi connectivity index (χ1) is 15.0. The summed E-state index contributed by atoms with van der Waals surface area (Å²) < 4.78 is 16.0. The maximum absolute atomic E-state index is 12.4. The number of ether oxygens (including phenoxy) is 3. The summed E-state index contributed by atoms with van der Waals surface area (Å²) in [6.07, 6.45) is 0.855. The summed E-state index contributed by atoms with van der Waals surface area (Å²) in [5.74, 6) is 0.732. The summed E-state index contributed by atoms with van der Waals surface area (Å²) in [4.78, 5) is 29.1. The average Bonchev–Trinajstić information content (AvgIpc) is 3.31. The Labute approximate surface area is 184 Å². The zero-order valence-corrected chi connectivity index (χ0v) is 18.2. The predicted octanol–water partition coefficient (Wildman–Crippen LogP) is 3.69. The molecule has 2 aromatic carbocycles. The van der Waals surface area contributed by atoms with Gasteiger partial charge in [0.05, 0.1) is 20.8 Å². The molecule has 162 valence electrons. The van der Waals surface area contributed by atoms with Gasteiger partial charge < -0.3 is 14.2 Å². The minimum absolute atomic E-state index is 0.206. The molecule has 0 aliphatic rings. The Balaban J connectivity index is 1.61. The molecular weight excluding hydrogens is 418 g/mol. The van der Waals surface area contributed by atoms with Crippen LogP contribution in [0.25, 0.3) is 10.6 Å². The number of thiazole rings is 1. The van der Waals surface area contributed by atoms with Crippen molar-refractivity contribution in [3.8, 4) is 27.8 Å². The Kier molecular flexibility index (Phi) is 7.45. The number of hydrazine groups is 1. The highest BCUT2D eigenvalue weighted by Gasteiger charge is 2.15. The Morgan fingerprint density at radius 2 is 1.71 bits per heavy atom. The van der Waals surface area contributed by atoms with Gasteiger partial charge in [-0.2, -0.15) is 0 Å². The molecule has 8 nitrogen and oxygen atoms in total. The van der Waals surface area contributed by atoms with Crippen LogP contribution in [0.4, 0.5) is 0 Å². The molecular formula is C22H23N3O5S. The van der Waals surface area contributed by atoms with Gasteiger partial charge in [-0.15, -0.1) is 11.3 Å². The van der Waals surface area contributed by atoms with Crippen molar-refractivity contribution in [3.05, 3.63) is 59.1 Å². The van der Waals surface area contributed by atoms with Gasteiger partial charge in [-0.25, -0.2) is 4.98 Å². The predicted molar refractivity (Wildman–Crippen MR) is 118 cm³/mol. The molecule has 3 rings (SSSR count). The molecule has 31 heavy (non-hydrogen) atoms. The van der Waals surface area contributed by atoms with Crippen molar-refractivity contribution in [2.24, 2.45) is 0 Å². The Morgan fingerprint density at radius 1 is 0.968 bits per heavy atom. The van der Waals surface area contributed by atoms with E-state index in [4.69, 9.17) is 14.2 Å². The van der Waals surface area contributed by atoms with Crippen LogP contribution in [-0.4, -0.2) is 37.6 Å². The topological polar surface area (TPSA) is 98.8 Å². The van der Waals surface area contributed by atoms with E-state index >= 15 is 0 Å². The maximum Gasteiger partial charge on any atom is 0.289 e. The Morgan fingerprint density at radius 3 is 2.39 bits per heavy atom. The SMILES string of the molecule is CCCOc1ccc(C(=O)NNC(=O)c2csc(-c3ccc(OC)cc3)n2)cc1OC. The molecule has 0 bridgehead atoms. The molecule has 0 aliphatic carbocycles. The second-order valence-corrected chi connectivity index (χ2v) is 7.25. The minimum Gasteiger partial charge on any atom is -0.497 e. The van der Waals surface area contributed by atoms with Gasteiger partial charge in [0.1, 0.15) is 16.5 Å². The number of carbonyl (C=O) groups excluding carboxylic acids is 2. The monoisotopic (exact) mass is 441 g/mol. The number of nitrogens with one attached hydrogen (secondary N) is 2. The highest BCUT2D eigenvalue weighted by Crippen LogP contribution is 2.28. The standard InChI is InChI=1S/C22H23N3O5S/c1-4-11-30-18-10-7-15(12-19(18)29-3)20(26)24-25-21(27)17-13-31-22(23-17)14-5-8-16(28-2)9-6-14/h5-10,12-13H,4,11H2,1-3H3,(H,24,26)(H,25,27). The van der Waals surface area contributed by atoms with Gasteiger partial charge in [-0.05, 0) is 48.9 Å². The number of hydrogen-bond donors (Lipinski definition) is 2. The van der Waals surface area contributed by atoms with Crippen molar-refractivity contribution in [2.75, 3.05) is 20.8 Å². The highest BCUT2D eigenvalue weighted by atomic mass is 32.1. The van der Waals surface area contributed by atoms with Gasteiger partial charge in [-0.3, -0.25) is 20.4 Å². The lowest BCUT2D eigenvalue weighted by atomic mass is 10.2. The quantitative estimate of drug-likeness (QED) is 0.518. The maximum atomic E-state index is 12.4. The van der Waals surface area contributed by atoms with Crippen molar-refractivity contribution < 1.29 is 23.8 Å². The van der Waals surface area contributed by atoms with Crippen molar-refractivity contribution in [1.29, 1.82) is 0 Å². The lowest BCUT2D eigenvalue weighted by Gasteiger charge is -2.12. The van der Waals surface area contributed by atoms with Crippen LogP contribution in [0.2, 0.25) is 0 Å². The van der Waals surface area contributed by atoms with Crippen molar-refractivity contribution in [1.82, 2.24) is 15.8 Å². The van der Waals surface area contributed by atoms with E-state index in [1.54, 1.807) is 30.7 Å². The van der Waals surface area contributed by atoms with Crippen LogP contribution < -0.4 is 25.1 Å². The first kappa shape index (κ1) is 22.1. The normalized spacial score (nSPS) is 10.3. The first-order valence-corrected chi connectivity index (χ1v) is 10.4. The summed E-state index contributed by atoms with van der Waals surface area (Å²) in [5, 5.41) is 2.32. The lowest BCUT2D eigenvalue weighted by molar-refractivity contribution is 0.0844. The number of hydrogen-bond acceptors (Lipinski definition) is 7. The molecule has 0 atom stereocenters. The van der Waals surface area contributed by atoms with Crippen LogP contribution in [0, 0.1) is 0 Å². The fourth-order valence-electron chi connectivity index (χ4n) is 2.63. The summed E-state index contributed by atoms with van der Waals surface area (Å²) >= 11 is 1.33. The fraction of sp³-hybridized carbons (Fsp3) is 0.227. The van der Waals surface area contributed by atoms with Gasteiger partial charge in [0, 0.05) is 16.5 Å². The van der Waals surface area contributed by atoms with Crippen LogP contribution in [0.1, 0.15) is 34.2 Å². The second-order valence-electron chi connectivity index (χ2n) is 6.39. The van der Waals surface area contributed by atoms with Crippen LogP contribution >= 0.6 is 11.3 Å². The molecule has 0 saturated carbocycles. The van der Waals surface area contributed by atoms with E-state index in [0.717, 1.165) is 17.7 Å². The van der Waals surface area contributed by atoms with Gasteiger partial charge in [0.2, 0.25) is 0 Å². The van der Waals surface area contributed by atoms with E-state index < -0.39 is 11.8 Å². The summed E-state index contributed by atoms with van der Waals surface area (Å²) in [5.41, 5.74) is 6.16. The third-order valence-electron chi connectivity index (χ3n) is 4.25. The molecule has 9 heteroatoms. The molecule has 0 radical (unpaired) electrons. The van der Waals surface area contributed by atoms with Gasteiger partial charge in [0.15, 0.2) is 11.5 Å². The van der Waals surface area contributed by atoms with E-state index in [0.29, 0.717) is 28.7 Å². The van der Waals surface area contributed by atoms with Crippen LogP contribution in [0.5, 0.6) is 17.2 Å². The highest BCUT2D eigenvalue weighted by molar-refractivity contribution is 7.13. The molecule has 0 aliphatic heterocycles. The minimum atomic E-state index is -0.515. The number of amides is 2. The van der Waals surface area contributed by atoms with Gasteiger partial charge in [0.25, 0.3) is 11.8 Å². The number of rotatable bonds is 8. The summed E-state index contributed by atoms with van der Waals surface area (Å²) in [6, 6.07) is 12.2. The third kappa shape index (κ3) is 5.52. The fourth-order valence-corrected chi connectivity index (χ4v) is 3.44. The molecule has 1 aromatic heterocycles. The average molecular weight is 442 g/mol. The summed E-state index contributed by atoms with van der Waals surface area (Å²) in [7, 11) is 3.10. The smallest absolute Gasteiger partial charge is 0.289 e. The van der Waals surface area contributed by atoms with Crippen molar-refractivity contribution >= 4 is 23.2 Å². The van der Waals surface area contributed by atoms with E-state index in [1.807, 2.05) is 31.2 Å². The molecule has 0 saturated heterocycles. The summed E-state index contributed by atoms with van der Waals surface area (Å²) in [6.45, 7) is 2.55. The zero-order chi connectivity index (χ0) is 22.2. The number of carbonyl (C=O) groups is 2. The second kappa shape index (κ2) is 10.4. The Bertz CT molecular complexity index is 1050. The molecule has 3 aromatic rings.